The zero-order valence-electron chi connectivity index (χ0n) is 16.5. The molecule has 0 radical (unpaired) electrons. The van der Waals surface area contributed by atoms with Crippen LogP contribution in [0.4, 0.5) is 0 Å². The average Bonchev–Trinajstić information content (AvgIpc) is 2.65. The van der Waals surface area contributed by atoms with Gasteiger partial charge >= 0.3 is 0 Å². The summed E-state index contributed by atoms with van der Waals surface area (Å²) in [6, 6.07) is 20.6. The highest BCUT2D eigenvalue weighted by molar-refractivity contribution is 5.83. The largest absolute Gasteiger partial charge is 0.483 e. The quantitative estimate of drug-likeness (QED) is 0.627. The normalized spacial score (nSPS) is 12.2. The number of carbonyl (C=O) groups is 1. The molecule has 0 spiro atoms. The summed E-state index contributed by atoms with van der Waals surface area (Å²) in [7, 11) is 0. The molecule has 3 aromatic rings. The number of amides is 1. The van der Waals surface area contributed by atoms with Gasteiger partial charge in [-0.25, -0.2) is 0 Å². The molecule has 0 heterocycles. The van der Waals surface area contributed by atoms with Crippen LogP contribution in [0.25, 0.3) is 10.8 Å². The van der Waals surface area contributed by atoms with Gasteiger partial charge in [0.1, 0.15) is 5.75 Å². The lowest BCUT2D eigenvalue weighted by atomic mass is 10.0. The van der Waals surface area contributed by atoms with Crippen molar-refractivity contribution in [1.29, 1.82) is 0 Å². The highest BCUT2D eigenvalue weighted by Gasteiger charge is 2.13. The maximum absolute atomic E-state index is 12.4. The van der Waals surface area contributed by atoms with Crippen molar-refractivity contribution >= 4 is 16.7 Å². The second kappa shape index (κ2) is 8.26. The van der Waals surface area contributed by atoms with Crippen molar-refractivity contribution in [1.82, 2.24) is 5.32 Å². The third kappa shape index (κ3) is 4.68. The van der Waals surface area contributed by atoms with Crippen molar-refractivity contribution < 1.29 is 9.53 Å². The zero-order chi connectivity index (χ0) is 19.4. The summed E-state index contributed by atoms with van der Waals surface area (Å²) >= 11 is 0. The molecule has 0 fully saturated rings. The van der Waals surface area contributed by atoms with E-state index in [2.05, 4.69) is 61.6 Å². The number of aryl methyl sites for hydroxylation is 1. The molecule has 0 aliphatic carbocycles. The molecule has 3 rings (SSSR count). The summed E-state index contributed by atoms with van der Waals surface area (Å²) in [5.74, 6) is 1.02. The van der Waals surface area contributed by atoms with E-state index in [1.54, 1.807) is 0 Å². The summed E-state index contributed by atoms with van der Waals surface area (Å²) in [6.45, 7) is 8.28. The Hall–Kier alpha value is -2.81. The molecule has 27 heavy (non-hydrogen) atoms. The van der Waals surface area contributed by atoms with Crippen molar-refractivity contribution in [3.63, 3.8) is 0 Å². The Morgan fingerprint density at radius 1 is 0.963 bits per heavy atom. The predicted molar refractivity (Wildman–Crippen MR) is 111 cm³/mol. The van der Waals surface area contributed by atoms with E-state index in [9.17, 15) is 4.79 Å². The molecule has 1 amide bonds. The summed E-state index contributed by atoms with van der Waals surface area (Å²) in [4.78, 5) is 12.4. The molecular weight excluding hydrogens is 334 g/mol. The standard InChI is InChI=1S/C24H27NO2/c1-16(2)22-12-9-17(3)13-23(22)27-15-24(26)25-18(4)20-11-10-19-7-5-6-8-21(19)14-20/h5-14,16,18H,15H2,1-4H3,(H,25,26)/t18-/m1/s1. The van der Waals surface area contributed by atoms with Crippen molar-refractivity contribution in [2.45, 2.75) is 39.7 Å². The fourth-order valence-electron chi connectivity index (χ4n) is 3.23. The second-order valence-corrected chi connectivity index (χ2v) is 7.38. The van der Waals surface area contributed by atoms with Gasteiger partial charge in [-0.05, 0) is 59.4 Å². The molecule has 0 aromatic heterocycles. The molecule has 3 nitrogen and oxygen atoms in total. The molecule has 1 N–H and O–H groups in total. The fraction of sp³-hybridized carbons (Fsp3) is 0.292. The molecule has 1 atom stereocenters. The van der Waals surface area contributed by atoms with Gasteiger partial charge in [-0.2, -0.15) is 0 Å². The van der Waals surface area contributed by atoms with Crippen LogP contribution in [-0.4, -0.2) is 12.5 Å². The lowest BCUT2D eigenvalue weighted by molar-refractivity contribution is -0.123. The van der Waals surface area contributed by atoms with Crippen molar-refractivity contribution in [2.24, 2.45) is 0 Å². The highest BCUT2D eigenvalue weighted by atomic mass is 16.5. The lowest BCUT2D eigenvalue weighted by Gasteiger charge is -2.17. The van der Waals surface area contributed by atoms with Gasteiger partial charge in [0, 0.05) is 0 Å². The molecule has 0 aliphatic heterocycles. The molecule has 0 unspecified atom stereocenters. The van der Waals surface area contributed by atoms with E-state index in [0.29, 0.717) is 5.92 Å². The number of hydrogen-bond acceptors (Lipinski definition) is 2. The minimum absolute atomic E-state index is 0.0150. The Kier molecular flexibility index (Phi) is 5.80. The summed E-state index contributed by atoms with van der Waals surface area (Å²) in [6.07, 6.45) is 0. The van der Waals surface area contributed by atoms with E-state index in [-0.39, 0.29) is 18.6 Å². The van der Waals surface area contributed by atoms with E-state index in [1.165, 1.54) is 10.8 Å². The Bertz CT molecular complexity index is 946. The van der Waals surface area contributed by atoms with E-state index < -0.39 is 0 Å². The van der Waals surface area contributed by atoms with Crippen LogP contribution in [-0.2, 0) is 4.79 Å². The minimum Gasteiger partial charge on any atom is -0.483 e. The van der Waals surface area contributed by atoms with Crippen LogP contribution in [0.15, 0.2) is 60.7 Å². The molecule has 0 saturated heterocycles. The van der Waals surface area contributed by atoms with Crippen LogP contribution < -0.4 is 10.1 Å². The Balaban J connectivity index is 1.64. The van der Waals surface area contributed by atoms with E-state index >= 15 is 0 Å². The van der Waals surface area contributed by atoms with Gasteiger partial charge in [-0.3, -0.25) is 4.79 Å². The third-order valence-electron chi connectivity index (χ3n) is 4.80. The van der Waals surface area contributed by atoms with Crippen LogP contribution in [0.5, 0.6) is 5.75 Å². The van der Waals surface area contributed by atoms with Crippen LogP contribution >= 0.6 is 0 Å². The Labute approximate surface area is 161 Å². The number of hydrogen-bond donors (Lipinski definition) is 1. The number of rotatable bonds is 6. The van der Waals surface area contributed by atoms with E-state index in [1.807, 2.05) is 32.0 Å². The van der Waals surface area contributed by atoms with Crippen molar-refractivity contribution in [2.75, 3.05) is 6.61 Å². The first-order valence-corrected chi connectivity index (χ1v) is 9.45. The van der Waals surface area contributed by atoms with Crippen LogP contribution in [0, 0.1) is 6.92 Å². The molecule has 0 saturated carbocycles. The van der Waals surface area contributed by atoms with Gasteiger partial charge in [-0.1, -0.05) is 62.4 Å². The predicted octanol–water partition coefficient (Wildman–Crippen LogP) is 5.53. The van der Waals surface area contributed by atoms with E-state index in [4.69, 9.17) is 4.74 Å². The topological polar surface area (TPSA) is 38.3 Å². The first-order valence-electron chi connectivity index (χ1n) is 9.45. The van der Waals surface area contributed by atoms with Crippen LogP contribution in [0.2, 0.25) is 0 Å². The summed E-state index contributed by atoms with van der Waals surface area (Å²) < 4.78 is 5.84. The Morgan fingerprint density at radius 2 is 1.70 bits per heavy atom. The zero-order valence-corrected chi connectivity index (χ0v) is 16.5. The van der Waals surface area contributed by atoms with Crippen LogP contribution in [0.3, 0.4) is 0 Å². The van der Waals surface area contributed by atoms with Gasteiger partial charge in [0.15, 0.2) is 6.61 Å². The van der Waals surface area contributed by atoms with Gasteiger partial charge < -0.3 is 10.1 Å². The van der Waals surface area contributed by atoms with Gasteiger partial charge in [0.25, 0.3) is 5.91 Å². The van der Waals surface area contributed by atoms with E-state index in [0.717, 1.165) is 22.4 Å². The number of ether oxygens (including phenoxy) is 1. The SMILES string of the molecule is Cc1ccc(C(C)C)c(OCC(=O)N[C@H](C)c2ccc3ccccc3c2)c1. The number of fused-ring (bicyclic) bond motifs is 1. The first kappa shape index (κ1) is 19.0. The van der Waals surface area contributed by atoms with Crippen molar-refractivity contribution in [3.05, 3.63) is 77.4 Å². The Morgan fingerprint density at radius 3 is 2.44 bits per heavy atom. The third-order valence-corrected chi connectivity index (χ3v) is 4.80. The number of benzene rings is 3. The lowest BCUT2D eigenvalue weighted by Crippen LogP contribution is -2.31. The van der Waals surface area contributed by atoms with Gasteiger partial charge in [0.2, 0.25) is 0 Å². The number of nitrogens with one attached hydrogen (secondary N) is 1. The molecule has 0 bridgehead atoms. The maximum Gasteiger partial charge on any atom is 0.258 e. The minimum atomic E-state index is -0.119. The molecule has 140 valence electrons. The first-order chi connectivity index (χ1) is 12.9. The van der Waals surface area contributed by atoms with Gasteiger partial charge in [0.05, 0.1) is 6.04 Å². The fourth-order valence-corrected chi connectivity index (χ4v) is 3.23. The number of carbonyl (C=O) groups excluding carboxylic acids is 1. The molecule has 3 heteroatoms. The molecule has 0 aliphatic rings. The maximum atomic E-state index is 12.4. The average molecular weight is 361 g/mol. The molecular formula is C24H27NO2. The van der Waals surface area contributed by atoms with Crippen molar-refractivity contribution in [3.8, 4) is 5.75 Å². The van der Waals surface area contributed by atoms with Gasteiger partial charge in [-0.15, -0.1) is 0 Å². The highest BCUT2D eigenvalue weighted by Crippen LogP contribution is 2.27. The molecule has 3 aromatic carbocycles. The monoisotopic (exact) mass is 361 g/mol. The second-order valence-electron chi connectivity index (χ2n) is 7.38. The summed E-state index contributed by atoms with van der Waals surface area (Å²) in [5, 5.41) is 5.40. The smallest absolute Gasteiger partial charge is 0.258 e. The van der Waals surface area contributed by atoms with Crippen LogP contribution in [0.1, 0.15) is 49.4 Å². The summed E-state index contributed by atoms with van der Waals surface area (Å²) in [5.41, 5.74) is 3.33.